The normalized spacial score (nSPS) is 18.1. The first-order valence-corrected chi connectivity index (χ1v) is 9.71. The maximum absolute atomic E-state index is 12.9. The lowest BCUT2D eigenvalue weighted by Crippen LogP contribution is -2.46. The van der Waals surface area contributed by atoms with Gasteiger partial charge in [0, 0.05) is 12.5 Å². The number of hydrogen-bond acceptors (Lipinski definition) is 4. The van der Waals surface area contributed by atoms with Crippen molar-refractivity contribution in [3.05, 3.63) is 35.4 Å². The number of likely N-dealkylation sites (N-methyl/N-ethyl adjacent to an activating group) is 1. The van der Waals surface area contributed by atoms with Crippen LogP contribution >= 0.6 is 0 Å². The molecular weight excluding hydrogens is 314 g/mol. The topological polar surface area (TPSA) is 49.8 Å². The molecule has 0 spiro atoms. The van der Waals surface area contributed by atoms with Crippen molar-refractivity contribution >= 4 is 5.97 Å². The van der Waals surface area contributed by atoms with Gasteiger partial charge in [0.1, 0.15) is 6.61 Å². The lowest BCUT2D eigenvalue weighted by atomic mass is 9.73. The van der Waals surface area contributed by atoms with Crippen molar-refractivity contribution < 1.29 is 14.6 Å². The minimum absolute atomic E-state index is 0.0657. The minimum Gasteiger partial charge on any atom is -0.462 e. The zero-order valence-electron chi connectivity index (χ0n) is 16.0. The molecule has 0 bridgehead atoms. The molecule has 0 aromatic heterocycles. The van der Waals surface area contributed by atoms with E-state index in [1.165, 1.54) is 6.42 Å². The van der Waals surface area contributed by atoms with E-state index in [1.54, 1.807) is 0 Å². The number of benzene rings is 1. The average Bonchev–Trinajstić information content (AvgIpc) is 2.65. The summed E-state index contributed by atoms with van der Waals surface area (Å²) in [5, 5.41) is 11.5. The third-order valence-electron chi connectivity index (χ3n) is 5.50. The number of ether oxygens (including phenoxy) is 1. The summed E-state index contributed by atoms with van der Waals surface area (Å²) < 4.78 is 5.56. The predicted octanol–water partition coefficient (Wildman–Crippen LogP) is 3.65. The number of carbonyl (C=O) groups excluding carboxylic acids is 1. The smallest absolute Gasteiger partial charge is 0.343 e. The first kappa shape index (κ1) is 19.9. The van der Waals surface area contributed by atoms with E-state index in [0.29, 0.717) is 18.7 Å². The summed E-state index contributed by atoms with van der Waals surface area (Å²) >= 11 is 0. The Kier molecular flexibility index (Phi) is 7.45. The van der Waals surface area contributed by atoms with Crippen molar-refractivity contribution in [2.75, 3.05) is 26.2 Å². The monoisotopic (exact) mass is 347 g/mol. The molecule has 25 heavy (non-hydrogen) atoms. The van der Waals surface area contributed by atoms with Crippen LogP contribution < -0.4 is 0 Å². The lowest BCUT2D eigenvalue weighted by molar-refractivity contribution is -0.176. The fourth-order valence-electron chi connectivity index (χ4n) is 3.84. The van der Waals surface area contributed by atoms with Crippen LogP contribution in [-0.2, 0) is 15.1 Å². The molecule has 4 heteroatoms. The summed E-state index contributed by atoms with van der Waals surface area (Å²) in [7, 11) is 0. The Hall–Kier alpha value is -1.39. The van der Waals surface area contributed by atoms with Gasteiger partial charge < -0.3 is 14.7 Å². The van der Waals surface area contributed by atoms with Crippen LogP contribution in [0.25, 0.3) is 0 Å². The van der Waals surface area contributed by atoms with Crippen LogP contribution in [0.3, 0.4) is 0 Å². The summed E-state index contributed by atoms with van der Waals surface area (Å²) in [6.07, 6.45) is 5.04. The first-order chi connectivity index (χ1) is 12.0. The molecule has 1 aliphatic rings. The molecule has 0 aliphatic heterocycles. The van der Waals surface area contributed by atoms with E-state index in [-0.39, 0.29) is 5.92 Å². The van der Waals surface area contributed by atoms with Crippen LogP contribution in [-0.4, -0.2) is 42.2 Å². The van der Waals surface area contributed by atoms with Gasteiger partial charge in [-0.2, -0.15) is 0 Å². The standard InChI is InChI=1S/C21H33NO3/c1-4-22(5-2)14-15-25-20(23)21(24,18-11-7-6-8-12-18)19-13-9-10-17(3)16-19/h9-10,13,16,18,24H,4-8,11-12,14-15H2,1-3H3/t21-/m0/s1. The third-order valence-corrected chi connectivity index (χ3v) is 5.50. The summed E-state index contributed by atoms with van der Waals surface area (Å²) in [4.78, 5) is 15.2. The zero-order chi connectivity index (χ0) is 18.3. The van der Waals surface area contributed by atoms with Gasteiger partial charge in [-0.1, -0.05) is 62.9 Å². The van der Waals surface area contributed by atoms with Crippen LogP contribution in [0.1, 0.15) is 57.1 Å². The van der Waals surface area contributed by atoms with Crippen LogP contribution in [0.4, 0.5) is 0 Å². The van der Waals surface area contributed by atoms with Crippen LogP contribution in [0.2, 0.25) is 0 Å². The molecule has 1 aromatic rings. The molecule has 1 saturated carbocycles. The third kappa shape index (κ3) is 4.83. The number of aliphatic hydroxyl groups is 1. The lowest BCUT2D eigenvalue weighted by Gasteiger charge is -2.37. The van der Waals surface area contributed by atoms with Crippen LogP contribution in [0.5, 0.6) is 0 Å². The number of aryl methyl sites for hydroxylation is 1. The van der Waals surface area contributed by atoms with Crippen LogP contribution in [0, 0.1) is 12.8 Å². The van der Waals surface area contributed by atoms with E-state index in [9.17, 15) is 9.90 Å². The average molecular weight is 347 g/mol. The van der Waals surface area contributed by atoms with Crippen molar-refractivity contribution in [1.82, 2.24) is 4.90 Å². The van der Waals surface area contributed by atoms with E-state index in [2.05, 4.69) is 18.7 Å². The summed E-state index contributed by atoms with van der Waals surface area (Å²) in [5.74, 6) is -0.554. The van der Waals surface area contributed by atoms with Gasteiger partial charge in [0.2, 0.25) is 0 Å². The zero-order valence-corrected chi connectivity index (χ0v) is 16.0. The molecule has 0 saturated heterocycles. The molecule has 1 N–H and O–H groups in total. The Morgan fingerprint density at radius 2 is 1.92 bits per heavy atom. The van der Waals surface area contributed by atoms with Crippen molar-refractivity contribution in [1.29, 1.82) is 0 Å². The molecule has 1 atom stereocenters. The first-order valence-electron chi connectivity index (χ1n) is 9.71. The van der Waals surface area contributed by atoms with Gasteiger partial charge in [0.05, 0.1) is 0 Å². The van der Waals surface area contributed by atoms with Crippen molar-refractivity contribution in [2.24, 2.45) is 5.92 Å². The highest BCUT2D eigenvalue weighted by molar-refractivity contribution is 5.81. The SMILES string of the molecule is CCN(CC)CCOC(=O)[C@@](O)(c1cccc(C)c1)C1CCCCC1. The molecule has 0 amide bonds. The Bertz CT molecular complexity index is 550. The molecule has 140 valence electrons. The predicted molar refractivity (Wildman–Crippen MR) is 100 cm³/mol. The molecular formula is C21H33NO3. The number of nitrogens with zero attached hydrogens (tertiary/aromatic N) is 1. The second kappa shape index (κ2) is 9.35. The fraction of sp³-hybridized carbons (Fsp3) is 0.667. The van der Waals surface area contributed by atoms with E-state index >= 15 is 0 Å². The molecule has 0 unspecified atom stereocenters. The Morgan fingerprint density at radius 1 is 1.24 bits per heavy atom. The maximum atomic E-state index is 12.9. The number of rotatable bonds is 8. The second-order valence-corrected chi connectivity index (χ2v) is 7.13. The van der Waals surface area contributed by atoms with Gasteiger partial charge >= 0.3 is 5.97 Å². The molecule has 0 heterocycles. The Balaban J connectivity index is 2.17. The fourth-order valence-corrected chi connectivity index (χ4v) is 3.84. The molecule has 1 aromatic carbocycles. The minimum atomic E-state index is -1.53. The van der Waals surface area contributed by atoms with Crippen molar-refractivity contribution in [3.8, 4) is 0 Å². The van der Waals surface area contributed by atoms with Crippen molar-refractivity contribution in [2.45, 2.75) is 58.5 Å². The van der Waals surface area contributed by atoms with E-state index in [1.807, 2.05) is 31.2 Å². The van der Waals surface area contributed by atoms with Gasteiger partial charge in [-0.05, 0) is 38.4 Å². The van der Waals surface area contributed by atoms with E-state index in [0.717, 1.165) is 44.3 Å². The highest BCUT2D eigenvalue weighted by Gasteiger charge is 2.47. The maximum Gasteiger partial charge on any atom is 0.343 e. The number of carbonyl (C=O) groups is 1. The van der Waals surface area contributed by atoms with Gasteiger partial charge in [-0.3, -0.25) is 0 Å². The Morgan fingerprint density at radius 3 is 2.52 bits per heavy atom. The van der Waals surface area contributed by atoms with Gasteiger partial charge in [-0.25, -0.2) is 4.79 Å². The van der Waals surface area contributed by atoms with Crippen molar-refractivity contribution in [3.63, 3.8) is 0 Å². The van der Waals surface area contributed by atoms with Gasteiger partial charge in [0.15, 0.2) is 5.60 Å². The van der Waals surface area contributed by atoms with Gasteiger partial charge in [-0.15, -0.1) is 0 Å². The molecule has 1 fully saturated rings. The highest BCUT2D eigenvalue weighted by Crippen LogP contribution is 2.40. The number of hydrogen-bond donors (Lipinski definition) is 1. The van der Waals surface area contributed by atoms with Gasteiger partial charge in [0.25, 0.3) is 0 Å². The molecule has 1 aliphatic carbocycles. The summed E-state index contributed by atoms with van der Waals surface area (Å²) in [6.45, 7) is 9.05. The highest BCUT2D eigenvalue weighted by atomic mass is 16.5. The molecule has 4 nitrogen and oxygen atoms in total. The Labute approximate surface area is 152 Å². The number of esters is 1. The molecule has 0 radical (unpaired) electrons. The second-order valence-electron chi connectivity index (χ2n) is 7.13. The van der Waals surface area contributed by atoms with E-state index in [4.69, 9.17) is 4.74 Å². The summed E-state index contributed by atoms with van der Waals surface area (Å²) in [5.41, 5.74) is 0.185. The quantitative estimate of drug-likeness (QED) is 0.729. The van der Waals surface area contributed by atoms with Crippen LogP contribution in [0.15, 0.2) is 24.3 Å². The largest absolute Gasteiger partial charge is 0.462 e. The van der Waals surface area contributed by atoms with E-state index < -0.39 is 11.6 Å². The molecule has 2 rings (SSSR count). The summed E-state index contributed by atoms with van der Waals surface area (Å²) in [6, 6.07) is 7.66.